The Kier molecular flexibility index (Phi) is 7.01. The summed E-state index contributed by atoms with van der Waals surface area (Å²) in [5.41, 5.74) is 5.91. The van der Waals surface area contributed by atoms with Gasteiger partial charge in [-0.3, -0.25) is 20.4 Å². The monoisotopic (exact) mass is 404 g/mol. The molecule has 2 N–H and O–H groups in total. The molecule has 25 heavy (non-hydrogen) atoms. The molecule has 5 nitrogen and oxygen atoms in total. The number of hydrogen-bond acceptors (Lipinski definition) is 3. The van der Waals surface area contributed by atoms with Crippen molar-refractivity contribution in [2.45, 2.75) is 32.3 Å². The largest absolute Gasteiger partial charge is 0.481 e. The number of carbonyl (C=O) groups excluding carboxylic acids is 2. The van der Waals surface area contributed by atoms with E-state index in [1.165, 1.54) is 0 Å². The summed E-state index contributed by atoms with van der Waals surface area (Å²) in [6.45, 7) is 3.59. The van der Waals surface area contributed by atoms with Crippen LogP contribution in [0.3, 0.4) is 0 Å². The van der Waals surface area contributed by atoms with Gasteiger partial charge in [-0.2, -0.15) is 0 Å². The molecule has 6 heteroatoms. The van der Waals surface area contributed by atoms with Crippen LogP contribution < -0.4 is 15.6 Å². The molecule has 0 aromatic heterocycles. The maximum atomic E-state index is 12.0. The first-order chi connectivity index (χ1) is 12.0. The fourth-order valence-electron chi connectivity index (χ4n) is 2.26. The van der Waals surface area contributed by atoms with Gasteiger partial charge in [0, 0.05) is 10.9 Å². The van der Waals surface area contributed by atoms with Gasteiger partial charge >= 0.3 is 0 Å². The molecule has 2 amide bonds. The zero-order chi connectivity index (χ0) is 18.2. The predicted octanol–water partition coefficient (Wildman–Crippen LogP) is 3.56. The number of nitrogens with one attached hydrogen (secondary N) is 2. The first-order valence-electron chi connectivity index (χ1n) is 8.01. The highest BCUT2D eigenvalue weighted by Crippen LogP contribution is 2.19. The molecule has 0 unspecified atom stereocenters. The van der Waals surface area contributed by atoms with E-state index in [-0.39, 0.29) is 18.2 Å². The van der Waals surface area contributed by atoms with E-state index >= 15 is 0 Å². The molecule has 2 aromatic carbocycles. The van der Waals surface area contributed by atoms with E-state index in [2.05, 4.69) is 26.8 Å². The van der Waals surface area contributed by atoms with Gasteiger partial charge < -0.3 is 4.74 Å². The summed E-state index contributed by atoms with van der Waals surface area (Å²) < 4.78 is 6.41. The van der Waals surface area contributed by atoms with Gasteiger partial charge in [-0.15, -0.1) is 0 Å². The van der Waals surface area contributed by atoms with Crippen LogP contribution in [0, 0.1) is 0 Å². The number of ether oxygens (including phenoxy) is 1. The van der Waals surface area contributed by atoms with E-state index < -0.39 is 12.0 Å². The highest BCUT2D eigenvalue weighted by Gasteiger charge is 2.16. The van der Waals surface area contributed by atoms with Crippen LogP contribution in [-0.2, 0) is 9.59 Å². The molecule has 0 aliphatic rings. The van der Waals surface area contributed by atoms with Crippen molar-refractivity contribution in [1.29, 1.82) is 0 Å². The fourth-order valence-corrected chi connectivity index (χ4v) is 2.64. The lowest BCUT2D eigenvalue weighted by molar-refractivity contribution is -0.132. The highest BCUT2D eigenvalue weighted by atomic mass is 79.9. The van der Waals surface area contributed by atoms with E-state index in [1.807, 2.05) is 49.4 Å². The average Bonchev–Trinajstić information content (AvgIpc) is 2.60. The van der Waals surface area contributed by atoms with Gasteiger partial charge in [0.15, 0.2) is 6.10 Å². The van der Waals surface area contributed by atoms with Crippen LogP contribution >= 0.6 is 15.9 Å². The van der Waals surface area contributed by atoms with E-state index in [9.17, 15) is 9.59 Å². The molecule has 2 rings (SSSR count). The Balaban J connectivity index is 1.77. The third-order valence-corrected chi connectivity index (χ3v) is 4.16. The molecular formula is C19H21BrN2O3. The summed E-state index contributed by atoms with van der Waals surface area (Å²) in [5.74, 6) is -0.0328. The molecule has 132 valence electrons. The third-order valence-electron chi connectivity index (χ3n) is 3.66. The number of rotatable bonds is 6. The molecule has 2 aromatic rings. The van der Waals surface area contributed by atoms with E-state index in [0.29, 0.717) is 5.75 Å². The van der Waals surface area contributed by atoms with E-state index in [0.717, 1.165) is 10.0 Å². The second-order valence-corrected chi connectivity index (χ2v) is 6.69. The quantitative estimate of drug-likeness (QED) is 0.723. The van der Waals surface area contributed by atoms with Gasteiger partial charge in [0.25, 0.3) is 5.91 Å². The predicted molar refractivity (Wildman–Crippen MR) is 100.0 cm³/mol. The van der Waals surface area contributed by atoms with Gasteiger partial charge in [0.05, 0.1) is 0 Å². The summed E-state index contributed by atoms with van der Waals surface area (Å²) in [7, 11) is 0. The van der Waals surface area contributed by atoms with Crippen LogP contribution in [-0.4, -0.2) is 17.9 Å². The summed E-state index contributed by atoms with van der Waals surface area (Å²) >= 11 is 3.34. The van der Waals surface area contributed by atoms with Crippen molar-refractivity contribution in [2.75, 3.05) is 0 Å². The van der Waals surface area contributed by atoms with Crippen molar-refractivity contribution in [3.63, 3.8) is 0 Å². The van der Waals surface area contributed by atoms with Crippen LogP contribution in [0.1, 0.15) is 31.7 Å². The Labute approximate surface area is 155 Å². The lowest BCUT2D eigenvalue weighted by atomic mass is 9.98. The van der Waals surface area contributed by atoms with Crippen molar-refractivity contribution in [2.24, 2.45) is 0 Å². The van der Waals surface area contributed by atoms with Crippen LogP contribution in [0.25, 0.3) is 0 Å². The number of hydrogen-bond donors (Lipinski definition) is 2. The smallest absolute Gasteiger partial charge is 0.279 e. The van der Waals surface area contributed by atoms with E-state index in [4.69, 9.17) is 4.74 Å². The number of amides is 2. The van der Waals surface area contributed by atoms with Crippen molar-refractivity contribution in [1.82, 2.24) is 10.9 Å². The first-order valence-corrected chi connectivity index (χ1v) is 8.81. The molecule has 0 fully saturated rings. The second-order valence-electron chi connectivity index (χ2n) is 5.77. The zero-order valence-electron chi connectivity index (χ0n) is 14.2. The number of benzene rings is 2. The van der Waals surface area contributed by atoms with Gasteiger partial charge in [0.1, 0.15) is 5.75 Å². The van der Waals surface area contributed by atoms with Crippen molar-refractivity contribution in [3.8, 4) is 5.75 Å². The molecule has 0 aliphatic carbocycles. The molecule has 0 saturated heterocycles. The van der Waals surface area contributed by atoms with Crippen LogP contribution in [0.5, 0.6) is 5.75 Å². The van der Waals surface area contributed by atoms with Gasteiger partial charge in [-0.05, 0) is 36.6 Å². The van der Waals surface area contributed by atoms with Crippen molar-refractivity contribution < 1.29 is 14.3 Å². The Hall–Kier alpha value is -2.34. The molecule has 0 heterocycles. The molecule has 0 spiro atoms. The molecule has 2 atom stereocenters. The average molecular weight is 405 g/mol. The Morgan fingerprint density at radius 1 is 1.04 bits per heavy atom. The summed E-state index contributed by atoms with van der Waals surface area (Å²) in [4.78, 5) is 24.0. The Bertz CT molecular complexity index is 722. The van der Waals surface area contributed by atoms with Gasteiger partial charge in [-0.25, -0.2) is 0 Å². The Morgan fingerprint density at radius 3 is 2.44 bits per heavy atom. The minimum Gasteiger partial charge on any atom is -0.481 e. The van der Waals surface area contributed by atoms with Crippen LogP contribution in [0.15, 0.2) is 59.1 Å². The minimum atomic E-state index is -0.735. The van der Waals surface area contributed by atoms with Gasteiger partial charge in [0.2, 0.25) is 5.91 Å². The molecule has 0 bridgehead atoms. The van der Waals surface area contributed by atoms with E-state index in [1.54, 1.807) is 19.1 Å². The second kappa shape index (κ2) is 9.22. The SMILES string of the molecule is C[C@H](Oc1cccc(Br)c1)C(=O)NNC(=O)C[C@@H](C)c1ccccc1. The maximum absolute atomic E-state index is 12.0. The number of carbonyl (C=O) groups is 2. The maximum Gasteiger partial charge on any atom is 0.279 e. The van der Waals surface area contributed by atoms with Gasteiger partial charge in [-0.1, -0.05) is 59.3 Å². The molecule has 0 radical (unpaired) electrons. The lowest BCUT2D eigenvalue weighted by Crippen LogP contribution is -2.47. The van der Waals surface area contributed by atoms with Crippen LogP contribution in [0.4, 0.5) is 0 Å². The summed E-state index contributed by atoms with van der Waals surface area (Å²) in [5, 5.41) is 0. The topological polar surface area (TPSA) is 67.4 Å². The fraction of sp³-hybridized carbons (Fsp3) is 0.263. The number of halogens is 1. The van der Waals surface area contributed by atoms with Crippen molar-refractivity contribution >= 4 is 27.7 Å². The normalized spacial score (nSPS) is 12.8. The summed E-state index contributed by atoms with van der Waals surface area (Å²) in [6.07, 6.45) is -0.452. The standard InChI is InChI=1S/C19H21BrN2O3/c1-13(15-7-4-3-5-8-15)11-18(23)21-22-19(24)14(2)25-17-10-6-9-16(20)12-17/h3-10,12-14H,11H2,1-2H3,(H,21,23)(H,22,24)/t13-,14+/m1/s1. The third kappa shape index (κ3) is 6.23. The first kappa shape index (κ1) is 19.0. The molecule has 0 saturated carbocycles. The number of hydrazine groups is 1. The Morgan fingerprint density at radius 2 is 1.76 bits per heavy atom. The van der Waals surface area contributed by atoms with Crippen molar-refractivity contribution in [3.05, 3.63) is 64.6 Å². The lowest BCUT2D eigenvalue weighted by Gasteiger charge is -2.16. The van der Waals surface area contributed by atoms with Crippen LogP contribution in [0.2, 0.25) is 0 Å². The zero-order valence-corrected chi connectivity index (χ0v) is 15.7. The molecule has 0 aliphatic heterocycles. The summed E-state index contributed by atoms with van der Waals surface area (Å²) in [6, 6.07) is 17.0. The highest BCUT2D eigenvalue weighted by molar-refractivity contribution is 9.10. The minimum absolute atomic E-state index is 0.0634. The molecular weight excluding hydrogens is 384 g/mol.